The molecule has 0 unspecified atom stereocenters. The van der Waals surface area contributed by atoms with Gasteiger partial charge in [-0.3, -0.25) is 0 Å². The fourth-order valence-electron chi connectivity index (χ4n) is 3.28. The number of aromatic nitrogens is 4. The minimum absolute atomic E-state index is 0.525. The van der Waals surface area contributed by atoms with Crippen molar-refractivity contribution in [3.05, 3.63) is 60.7 Å². The van der Waals surface area contributed by atoms with Crippen molar-refractivity contribution in [2.24, 2.45) is 0 Å². The molecule has 4 rings (SSSR count). The van der Waals surface area contributed by atoms with Crippen LogP contribution in [-0.2, 0) is 0 Å². The molecule has 0 aliphatic heterocycles. The van der Waals surface area contributed by atoms with Gasteiger partial charge in [-0.1, -0.05) is 84.2 Å². The third kappa shape index (κ3) is 6.38. The van der Waals surface area contributed by atoms with Crippen LogP contribution in [0.15, 0.2) is 71.0 Å². The van der Waals surface area contributed by atoms with Crippen LogP contribution >= 0.6 is 23.5 Å². The van der Waals surface area contributed by atoms with Gasteiger partial charge < -0.3 is 18.9 Å². The maximum atomic E-state index is 5.34. The first kappa shape index (κ1) is 27.1. The summed E-state index contributed by atoms with van der Waals surface area (Å²) in [5, 5.41) is 1.26. The van der Waals surface area contributed by atoms with Crippen LogP contribution in [-0.4, -0.2) is 60.9 Å². The zero-order valence-corrected chi connectivity index (χ0v) is 22.6. The summed E-state index contributed by atoms with van der Waals surface area (Å²) in [6.07, 6.45) is 3.83. The second-order valence-electron chi connectivity index (χ2n) is 6.94. The predicted octanol–water partition coefficient (Wildman–Crippen LogP) is 5.77. The lowest BCUT2D eigenvalue weighted by atomic mass is 10.1. The van der Waals surface area contributed by atoms with Crippen molar-refractivity contribution >= 4 is 23.5 Å². The fraction of sp³-hybridized carbons (Fsp3) is 0.231. The summed E-state index contributed by atoms with van der Waals surface area (Å²) in [5.74, 6) is 2.10. The topological polar surface area (TPSA) is 88.5 Å². The Hall–Kier alpha value is -3.50. The Morgan fingerprint density at radius 2 is 0.750 bits per heavy atom. The largest absolute Gasteiger partial charge is 0.480 e. The van der Waals surface area contributed by atoms with Crippen molar-refractivity contribution in [1.29, 1.82) is 0 Å². The van der Waals surface area contributed by atoms with Gasteiger partial charge in [-0.05, 0) is 23.6 Å². The van der Waals surface area contributed by atoms with E-state index in [1.165, 1.54) is 23.5 Å². The van der Waals surface area contributed by atoms with Gasteiger partial charge in [0.15, 0.2) is 10.3 Å². The molecule has 0 N–H and O–H groups in total. The summed E-state index contributed by atoms with van der Waals surface area (Å²) in [7, 11) is 6.38. The van der Waals surface area contributed by atoms with Crippen LogP contribution in [0.1, 0.15) is 0 Å². The summed E-state index contributed by atoms with van der Waals surface area (Å²) in [6.45, 7) is 0. The van der Waals surface area contributed by atoms with E-state index in [2.05, 4.69) is 19.9 Å². The Bertz CT molecular complexity index is 1110. The first-order valence-electron chi connectivity index (χ1n) is 10.8. The maximum absolute atomic E-state index is 5.34. The smallest absolute Gasteiger partial charge is 0.229 e. The first-order valence-corrected chi connectivity index (χ1v) is 13.2. The van der Waals surface area contributed by atoms with Gasteiger partial charge in [0.05, 0.1) is 28.4 Å². The summed E-state index contributed by atoms with van der Waals surface area (Å²) in [6, 6.07) is 19.6. The van der Waals surface area contributed by atoms with Gasteiger partial charge in [-0.25, -0.2) is 0 Å². The quantitative estimate of drug-likeness (QED) is 0.209. The highest BCUT2D eigenvalue weighted by molar-refractivity contribution is 7.98. The molecule has 36 heavy (non-hydrogen) atoms. The molecule has 0 amide bonds. The van der Waals surface area contributed by atoms with Crippen LogP contribution in [0.25, 0.3) is 22.3 Å². The molecule has 188 valence electrons. The van der Waals surface area contributed by atoms with Crippen LogP contribution in [0, 0.1) is 0 Å². The lowest BCUT2D eigenvalue weighted by Crippen LogP contribution is -2.00. The van der Waals surface area contributed by atoms with Gasteiger partial charge in [-0.15, -0.1) is 0 Å². The normalized spacial score (nSPS) is 10.2. The second kappa shape index (κ2) is 13.6. The highest BCUT2D eigenvalue weighted by Gasteiger charge is 2.18. The molecule has 0 radical (unpaired) electrons. The van der Waals surface area contributed by atoms with Gasteiger partial charge in [-0.2, -0.15) is 19.9 Å². The van der Waals surface area contributed by atoms with Gasteiger partial charge in [0, 0.05) is 0 Å². The van der Waals surface area contributed by atoms with E-state index in [1.807, 2.05) is 73.2 Å². The van der Waals surface area contributed by atoms with Crippen LogP contribution in [0.4, 0.5) is 0 Å². The van der Waals surface area contributed by atoms with E-state index < -0.39 is 0 Å². The Morgan fingerprint density at radius 3 is 0.972 bits per heavy atom. The number of benzene rings is 2. The SMILES string of the molecule is COc1nc(SC)nc(OC)c1-c1ccccc1.COc1nc(SC)nc(OC)c1-c1ccccc1. The number of hydrogen-bond acceptors (Lipinski definition) is 10. The predicted molar refractivity (Wildman–Crippen MR) is 145 cm³/mol. The van der Waals surface area contributed by atoms with Gasteiger partial charge in [0.1, 0.15) is 11.1 Å². The molecule has 2 aromatic carbocycles. The lowest BCUT2D eigenvalue weighted by molar-refractivity contribution is 0.367. The van der Waals surface area contributed by atoms with Crippen molar-refractivity contribution in [3.63, 3.8) is 0 Å². The molecule has 2 heterocycles. The highest BCUT2D eigenvalue weighted by atomic mass is 32.2. The maximum Gasteiger partial charge on any atom is 0.229 e. The number of thioether (sulfide) groups is 2. The van der Waals surface area contributed by atoms with Crippen molar-refractivity contribution in [2.75, 3.05) is 41.0 Å². The summed E-state index contributed by atoms with van der Waals surface area (Å²) >= 11 is 2.90. The molecule has 0 atom stereocenters. The lowest BCUT2D eigenvalue weighted by Gasteiger charge is -2.12. The summed E-state index contributed by atoms with van der Waals surface area (Å²) in [5.41, 5.74) is 3.49. The number of ether oxygens (including phenoxy) is 4. The van der Waals surface area contributed by atoms with E-state index in [1.54, 1.807) is 28.4 Å². The molecule has 0 bridgehead atoms. The standard InChI is InChI=1S/2C13H14N2O2S/c2*1-16-11-10(9-7-5-4-6-8-9)12(17-2)15-13(14-11)18-3/h2*4-8H,1-3H3. The molecule has 0 saturated heterocycles. The number of nitrogens with zero attached hydrogens (tertiary/aromatic N) is 4. The van der Waals surface area contributed by atoms with Crippen molar-refractivity contribution < 1.29 is 18.9 Å². The van der Waals surface area contributed by atoms with Crippen molar-refractivity contribution in [1.82, 2.24) is 19.9 Å². The molecule has 8 nitrogen and oxygen atoms in total. The average molecular weight is 525 g/mol. The number of hydrogen-bond donors (Lipinski definition) is 0. The van der Waals surface area contributed by atoms with Crippen LogP contribution in [0.3, 0.4) is 0 Å². The molecule has 0 aliphatic rings. The monoisotopic (exact) mass is 524 g/mol. The van der Waals surface area contributed by atoms with E-state index in [0.29, 0.717) is 33.8 Å². The molecule has 0 saturated carbocycles. The summed E-state index contributed by atoms with van der Waals surface area (Å²) in [4.78, 5) is 17.4. The van der Waals surface area contributed by atoms with Gasteiger partial charge in [0.25, 0.3) is 0 Å². The highest BCUT2D eigenvalue weighted by Crippen LogP contribution is 2.37. The van der Waals surface area contributed by atoms with E-state index in [-0.39, 0.29) is 0 Å². The van der Waals surface area contributed by atoms with Gasteiger partial charge >= 0.3 is 0 Å². The Kier molecular flexibility index (Phi) is 10.2. The minimum Gasteiger partial charge on any atom is -0.480 e. The summed E-state index contributed by atoms with van der Waals surface area (Å²) < 4.78 is 21.4. The first-order chi connectivity index (χ1) is 17.6. The molecule has 0 fully saturated rings. The molecular weight excluding hydrogens is 496 g/mol. The van der Waals surface area contributed by atoms with Crippen molar-refractivity contribution in [2.45, 2.75) is 10.3 Å². The average Bonchev–Trinajstić information content (AvgIpc) is 2.96. The van der Waals surface area contributed by atoms with E-state index in [9.17, 15) is 0 Å². The number of methoxy groups -OCH3 is 4. The van der Waals surface area contributed by atoms with Crippen LogP contribution in [0.5, 0.6) is 23.5 Å². The molecule has 0 aliphatic carbocycles. The zero-order chi connectivity index (χ0) is 25.9. The Morgan fingerprint density at radius 1 is 0.472 bits per heavy atom. The zero-order valence-electron chi connectivity index (χ0n) is 21.0. The van der Waals surface area contributed by atoms with Crippen LogP contribution < -0.4 is 18.9 Å². The van der Waals surface area contributed by atoms with Crippen LogP contribution in [0.2, 0.25) is 0 Å². The second-order valence-corrected chi connectivity index (χ2v) is 8.49. The molecule has 10 heteroatoms. The molecule has 0 spiro atoms. The molecule has 2 aromatic heterocycles. The fourth-order valence-corrected chi connectivity index (χ4v) is 3.98. The van der Waals surface area contributed by atoms with Crippen molar-refractivity contribution in [3.8, 4) is 45.8 Å². The van der Waals surface area contributed by atoms with E-state index in [4.69, 9.17) is 18.9 Å². The molecular formula is C26H28N4O4S2. The Balaban J connectivity index is 0.000000201. The van der Waals surface area contributed by atoms with E-state index >= 15 is 0 Å². The number of rotatable bonds is 8. The van der Waals surface area contributed by atoms with Gasteiger partial charge in [0.2, 0.25) is 23.5 Å². The van der Waals surface area contributed by atoms with E-state index in [0.717, 1.165) is 22.3 Å². The third-order valence-electron chi connectivity index (χ3n) is 4.91. The Labute approximate surface area is 219 Å². The third-order valence-corrected chi connectivity index (χ3v) is 6.00. The minimum atomic E-state index is 0.525. The molecule has 4 aromatic rings.